The summed E-state index contributed by atoms with van der Waals surface area (Å²) in [6, 6.07) is 0. The first-order valence-corrected chi connectivity index (χ1v) is 9.10. The number of unbranched alkanes of at least 4 members (excludes halogenated alkanes) is 2. The summed E-state index contributed by atoms with van der Waals surface area (Å²) in [4.78, 5) is 22.3. The summed E-state index contributed by atoms with van der Waals surface area (Å²) in [5.74, 6) is -0.109. The maximum atomic E-state index is 13.3. The highest BCUT2D eigenvalue weighted by Gasteiger charge is 2.08. The minimum Gasteiger partial charge on any atom is -0.378 e. The minimum absolute atomic E-state index is 0.0159. The number of carbonyl (C=O) groups is 2. The second kappa shape index (κ2) is 14.7. The molecule has 23 heavy (non-hydrogen) atoms. The van der Waals surface area contributed by atoms with Crippen LogP contribution in [0.25, 0.3) is 0 Å². The second-order valence-electron chi connectivity index (χ2n) is 5.32. The van der Waals surface area contributed by atoms with Gasteiger partial charge in [-0.25, -0.2) is 4.39 Å². The Bertz CT molecular complexity index is 333. The van der Waals surface area contributed by atoms with Gasteiger partial charge in [0.1, 0.15) is 12.8 Å². The summed E-state index contributed by atoms with van der Waals surface area (Å²) < 4.78 is 23.7. The Labute approximate surface area is 142 Å². The molecule has 0 aliphatic carbocycles. The van der Waals surface area contributed by atoms with Crippen LogP contribution in [-0.4, -0.2) is 62.6 Å². The number of hydrogen-bond acceptors (Lipinski definition) is 5. The molecule has 0 fully saturated rings. The lowest BCUT2D eigenvalue weighted by Crippen LogP contribution is -2.30. The van der Waals surface area contributed by atoms with E-state index in [0.29, 0.717) is 13.2 Å². The van der Waals surface area contributed by atoms with Crippen LogP contribution in [0.3, 0.4) is 0 Å². The van der Waals surface area contributed by atoms with E-state index in [1.54, 1.807) is 6.26 Å². The third-order valence-corrected chi connectivity index (χ3v) is 3.30. The molecule has 0 rings (SSSR count). The molecule has 136 valence electrons. The fraction of sp³-hybridized carbons (Fsp3) is 0.867. The Morgan fingerprint density at radius 2 is 1.91 bits per heavy atom. The normalized spacial score (nSPS) is 12.2. The molecule has 0 aliphatic heterocycles. The predicted molar refractivity (Wildman–Crippen MR) is 90.6 cm³/mol. The predicted octanol–water partition coefficient (Wildman–Crippen LogP) is 2.13. The summed E-state index contributed by atoms with van der Waals surface area (Å²) in [6.07, 6.45) is 3.05. The molecule has 0 aromatic heterocycles. The number of halogens is 1. The molecule has 1 atom stereocenters. The Kier molecular flexibility index (Phi) is 14.2. The van der Waals surface area contributed by atoms with Crippen LogP contribution in [0.4, 0.5) is 9.18 Å². The maximum absolute atomic E-state index is 13.3. The molecule has 0 aliphatic rings. The Balaban J connectivity index is 3.33. The Hall–Kier alpha value is -0.860. The van der Waals surface area contributed by atoms with E-state index in [1.807, 2.05) is 13.8 Å². The topological polar surface area (TPSA) is 76.7 Å². The molecule has 0 bridgehead atoms. The van der Waals surface area contributed by atoms with Gasteiger partial charge in [0.25, 0.3) is 5.24 Å². The zero-order valence-electron chi connectivity index (χ0n) is 14.2. The Morgan fingerprint density at radius 3 is 2.57 bits per heavy atom. The van der Waals surface area contributed by atoms with Crippen LogP contribution in [0, 0.1) is 0 Å². The molecule has 8 heteroatoms. The van der Waals surface area contributed by atoms with Crippen LogP contribution in [0.1, 0.15) is 33.1 Å². The molecule has 0 radical (unpaired) electrons. The van der Waals surface area contributed by atoms with Gasteiger partial charge in [0, 0.05) is 13.2 Å². The largest absolute Gasteiger partial charge is 0.378 e. The van der Waals surface area contributed by atoms with Crippen LogP contribution >= 0.6 is 11.8 Å². The molecule has 0 spiro atoms. The van der Waals surface area contributed by atoms with Gasteiger partial charge in [0.15, 0.2) is 0 Å². The van der Waals surface area contributed by atoms with Crippen LogP contribution in [-0.2, 0) is 14.3 Å². The number of hydrogen-bond donors (Lipinski definition) is 2. The molecule has 2 N–H and O–H groups in total. The highest BCUT2D eigenvalue weighted by atomic mass is 32.2. The van der Waals surface area contributed by atoms with Gasteiger partial charge in [0.2, 0.25) is 5.91 Å². The van der Waals surface area contributed by atoms with Crippen LogP contribution in [0.2, 0.25) is 0 Å². The summed E-state index contributed by atoms with van der Waals surface area (Å²) in [5.41, 5.74) is 0. The summed E-state index contributed by atoms with van der Waals surface area (Å²) in [6.45, 7) is 4.89. The van der Waals surface area contributed by atoms with Gasteiger partial charge < -0.3 is 20.1 Å². The highest BCUT2D eigenvalue weighted by Crippen LogP contribution is 1.99. The molecule has 0 aromatic carbocycles. The van der Waals surface area contributed by atoms with Crippen molar-refractivity contribution in [1.29, 1.82) is 0 Å². The zero-order chi connectivity index (χ0) is 17.5. The van der Waals surface area contributed by atoms with E-state index in [0.717, 1.165) is 31.0 Å². The number of nitrogens with one attached hydrogen (secondary N) is 2. The SMILES string of the molecule is CSC(=O)NCC(F)COCCCCCNC(=O)COC(C)C. The van der Waals surface area contributed by atoms with Crippen LogP contribution < -0.4 is 10.6 Å². The minimum atomic E-state index is -1.19. The van der Waals surface area contributed by atoms with E-state index < -0.39 is 6.17 Å². The Morgan fingerprint density at radius 1 is 1.17 bits per heavy atom. The van der Waals surface area contributed by atoms with Gasteiger partial charge in [-0.05, 0) is 39.4 Å². The van der Waals surface area contributed by atoms with Gasteiger partial charge in [-0.2, -0.15) is 0 Å². The molecule has 1 unspecified atom stereocenters. The lowest BCUT2D eigenvalue weighted by atomic mass is 10.2. The van der Waals surface area contributed by atoms with Crippen molar-refractivity contribution in [3.63, 3.8) is 0 Å². The molecule has 0 saturated carbocycles. The van der Waals surface area contributed by atoms with Crippen molar-refractivity contribution in [2.24, 2.45) is 0 Å². The monoisotopic (exact) mass is 352 g/mol. The van der Waals surface area contributed by atoms with E-state index in [1.165, 1.54) is 0 Å². The van der Waals surface area contributed by atoms with Crippen molar-refractivity contribution in [3.8, 4) is 0 Å². The third-order valence-electron chi connectivity index (χ3n) is 2.79. The number of rotatable bonds is 13. The van der Waals surface area contributed by atoms with Gasteiger partial charge >= 0.3 is 0 Å². The van der Waals surface area contributed by atoms with E-state index in [-0.39, 0.29) is 37.0 Å². The average molecular weight is 352 g/mol. The van der Waals surface area contributed by atoms with Gasteiger partial charge in [0.05, 0.1) is 19.3 Å². The molecule has 0 heterocycles. The molecule has 0 saturated heterocycles. The molecular formula is C15H29FN2O4S. The van der Waals surface area contributed by atoms with Crippen LogP contribution in [0.5, 0.6) is 0 Å². The average Bonchev–Trinajstić information content (AvgIpc) is 2.52. The fourth-order valence-corrected chi connectivity index (χ4v) is 1.79. The standard InChI is InChI=1S/C15H29FN2O4S/c1-12(2)22-11-14(19)17-7-5-4-6-8-21-10-13(16)9-18-15(20)23-3/h12-13H,4-11H2,1-3H3,(H,17,19)(H,18,20). The smallest absolute Gasteiger partial charge is 0.278 e. The second-order valence-corrected chi connectivity index (χ2v) is 6.09. The lowest BCUT2D eigenvalue weighted by Gasteiger charge is -2.10. The van der Waals surface area contributed by atoms with Crippen molar-refractivity contribution < 1.29 is 23.5 Å². The van der Waals surface area contributed by atoms with Crippen molar-refractivity contribution in [3.05, 3.63) is 0 Å². The van der Waals surface area contributed by atoms with E-state index in [9.17, 15) is 14.0 Å². The summed E-state index contributed by atoms with van der Waals surface area (Å²) in [7, 11) is 0. The van der Waals surface area contributed by atoms with Crippen molar-refractivity contribution in [2.45, 2.75) is 45.4 Å². The van der Waals surface area contributed by atoms with Crippen molar-refractivity contribution >= 4 is 22.9 Å². The number of ether oxygens (including phenoxy) is 2. The first-order valence-electron chi connectivity index (χ1n) is 7.87. The molecular weight excluding hydrogens is 323 g/mol. The zero-order valence-corrected chi connectivity index (χ0v) is 15.0. The molecule has 0 aromatic rings. The fourth-order valence-electron chi connectivity index (χ4n) is 1.56. The molecule has 6 nitrogen and oxygen atoms in total. The van der Waals surface area contributed by atoms with E-state index >= 15 is 0 Å². The number of alkyl halides is 1. The van der Waals surface area contributed by atoms with E-state index in [4.69, 9.17) is 9.47 Å². The van der Waals surface area contributed by atoms with Gasteiger partial charge in [-0.3, -0.25) is 9.59 Å². The quantitative estimate of drug-likeness (QED) is 0.497. The van der Waals surface area contributed by atoms with Crippen molar-refractivity contribution in [2.75, 3.05) is 39.2 Å². The van der Waals surface area contributed by atoms with E-state index in [2.05, 4.69) is 10.6 Å². The lowest BCUT2D eigenvalue weighted by molar-refractivity contribution is -0.127. The first kappa shape index (κ1) is 22.1. The highest BCUT2D eigenvalue weighted by molar-refractivity contribution is 8.12. The maximum Gasteiger partial charge on any atom is 0.278 e. The number of carbonyl (C=O) groups excluding carboxylic acids is 2. The molecule has 2 amide bonds. The number of thioether (sulfide) groups is 1. The summed E-state index contributed by atoms with van der Waals surface area (Å²) >= 11 is 1.02. The first-order chi connectivity index (χ1) is 11.0. The van der Waals surface area contributed by atoms with Crippen molar-refractivity contribution in [1.82, 2.24) is 10.6 Å². The van der Waals surface area contributed by atoms with Crippen LogP contribution in [0.15, 0.2) is 0 Å². The summed E-state index contributed by atoms with van der Waals surface area (Å²) in [5, 5.41) is 4.98. The third kappa shape index (κ3) is 15.8. The van der Waals surface area contributed by atoms with Gasteiger partial charge in [-0.1, -0.05) is 11.8 Å². The number of amides is 2. The van der Waals surface area contributed by atoms with Gasteiger partial charge in [-0.15, -0.1) is 0 Å².